The first kappa shape index (κ1) is 16.4. The molecule has 0 radical (unpaired) electrons. The summed E-state index contributed by atoms with van der Waals surface area (Å²) in [5, 5.41) is 0. The second-order valence-corrected chi connectivity index (χ2v) is 2.68. The molecule has 16 heavy (non-hydrogen) atoms. The Hall–Kier alpha value is 0.361. The molecule has 0 fully saturated rings. The molecule has 0 unspecified atom stereocenters. The Labute approximate surface area is 128 Å². The van der Waals surface area contributed by atoms with E-state index in [2.05, 4.69) is 4.98 Å². The molecule has 0 amide bonds. The second kappa shape index (κ2) is 5.34. The Balaban J connectivity index is 0.00000225. The molecule has 1 rings (SSSR count). The SMILES string of the molecule is Fc1ncc(C(F)(F)F)cc1[B-](F)(F)F.[K+]. The molecule has 1 aromatic rings. The number of hydrogen-bond donors (Lipinski definition) is 0. The number of alkyl halides is 3. The van der Waals surface area contributed by atoms with Gasteiger partial charge in [0.2, 0.25) is 0 Å². The fourth-order valence-electron chi connectivity index (χ4n) is 0.850. The maximum absolute atomic E-state index is 12.5. The number of hydrogen-bond acceptors (Lipinski definition) is 1. The summed E-state index contributed by atoms with van der Waals surface area (Å²) in [7, 11) is 0. The van der Waals surface area contributed by atoms with Crippen LogP contribution in [0.2, 0.25) is 0 Å². The summed E-state index contributed by atoms with van der Waals surface area (Å²) in [6.07, 6.45) is -4.96. The van der Waals surface area contributed by atoms with Crippen LogP contribution in [0.4, 0.5) is 30.5 Å². The predicted octanol–water partition coefficient (Wildman–Crippen LogP) is -0.702. The Bertz CT molecular complexity index is 374. The molecule has 0 N–H and O–H groups in total. The monoisotopic (exact) mass is 271 g/mol. The van der Waals surface area contributed by atoms with Crippen LogP contribution in [0.5, 0.6) is 0 Å². The van der Waals surface area contributed by atoms with E-state index in [1.165, 1.54) is 0 Å². The molecule has 0 atom stereocenters. The van der Waals surface area contributed by atoms with Crippen molar-refractivity contribution >= 4 is 12.4 Å². The fourth-order valence-corrected chi connectivity index (χ4v) is 0.850. The minimum Gasteiger partial charge on any atom is -0.445 e. The normalized spacial score (nSPS) is 12.2. The van der Waals surface area contributed by atoms with Crippen LogP contribution in [0, 0.1) is 5.95 Å². The van der Waals surface area contributed by atoms with Gasteiger partial charge in [-0.2, -0.15) is 17.6 Å². The average Bonchev–Trinajstić information content (AvgIpc) is 2.00. The smallest absolute Gasteiger partial charge is 0.445 e. The van der Waals surface area contributed by atoms with Crippen molar-refractivity contribution in [2.75, 3.05) is 0 Å². The van der Waals surface area contributed by atoms with Gasteiger partial charge in [-0.05, 0) is 0 Å². The van der Waals surface area contributed by atoms with Crippen molar-refractivity contribution in [1.29, 1.82) is 0 Å². The van der Waals surface area contributed by atoms with Crippen LogP contribution in [-0.2, 0) is 6.18 Å². The van der Waals surface area contributed by atoms with E-state index in [4.69, 9.17) is 0 Å². The summed E-state index contributed by atoms with van der Waals surface area (Å²) in [4.78, 5) is 2.42. The predicted molar refractivity (Wildman–Crippen MR) is 37.9 cm³/mol. The Morgan fingerprint density at radius 3 is 2.00 bits per heavy atom. The summed E-state index contributed by atoms with van der Waals surface area (Å²) >= 11 is 0. The van der Waals surface area contributed by atoms with Gasteiger partial charge in [-0.1, -0.05) is 11.5 Å². The topological polar surface area (TPSA) is 12.9 Å². The van der Waals surface area contributed by atoms with Crippen LogP contribution in [0.15, 0.2) is 12.3 Å². The van der Waals surface area contributed by atoms with E-state index in [0.29, 0.717) is 0 Å². The second-order valence-electron chi connectivity index (χ2n) is 2.68. The minimum absolute atomic E-state index is 0. The first-order valence-electron chi connectivity index (χ1n) is 3.55. The van der Waals surface area contributed by atoms with Crippen LogP contribution in [-0.4, -0.2) is 12.0 Å². The average molecular weight is 271 g/mol. The van der Waals surface area contributed by atoms with E-state index >= 15 is 0 Å². The third kappa shape index (κ3) is 3.99. The standard InChI is InChI=1S/C6H2BF7N.K/c8-5-4(7(12,13)14)1-3(2-15-5)6(9,10)11;/h1-2H;/q-1;+1. The molecule has 0 aliphatic heterocycles. The third-order valence-electron chi connectivity index (χ3n) is 1.55. The number of rotatable bonds is 1. The maximum atomic E-state index is 12.5. The molecule has 0 aliphatic carbocycles. The molecule has 0 spiro atoms. The zero-order valence-corrected chi connectivity index (χ0v) is 10.9. The molecular weight excluding hydrogens is 269 g/mol. The molecule has 0 saturated carbocycles. The fraction of sp³-hybridized carbons (Fsp3) is 0.167. The van der Waals surface area contributed by atoms with E-state index in [1.54, 1.807) is 0 Å². The molecule has 0 aromatic carbocycles. The molecule has 0 aliphatic rings. The summed E-state index contributed by atoms with van der Waals surface area (Å²) in [6, 6.07) is -0.289. The van der Waals surface area contributed by atoms with Crippen molar-refractivity contribution in [1.82, 2.24) is 4.98 Å². The van der Waals surface area contributed by atoms with Gasteiger partial charge >= 0.3 is 64.5 Å². The van der Waals surface area contributed by atoms with Crippen LogP contribution < -0.4 is 56.8 Å². The van der Waals surface area contributed by atoms with Crippen molar-refractivity contribution < 1.29 is 81.9 Å². The molecular formula is C6H2BF7KN. The summed E-state index contributed by atoms with van der Waals surface area (Å²) < 4.78 is 84.5. The van der Waals surface area contributed by atoms with Crippen molar-refractivity contribution in [2.45, 2.75) is 6.18 Å². The molecule has 84 valence electrons. The van der Waals surface area contributed by atoms with Gasteiger partial charge in [0.1, 0.15) is 0 Å². The number of halogens is 7. The van der Waals surface area contributed by atoms with Crippen LogP contribution >= 0.6 is 0 Å². The summed E-state index contributed by atoms with van der Waals surface area (Å²) in [5.74, 6) is -1.95. The van der Waals surface area contributed by atoms with E-state index in [9.17, 15) is 30.5 Å². The number of nitrogens with zero attached hydrogens (tertiary/aromatic N) is 1. The van der Waals surface area contributed by atoms with E-state index in [-0.39, 0.29) is 63.6 Å². The third-order valence-corrected chi connectivity index (χ3v) is 1.55. The van der Waals surface area contributed by atoms with Gasteiger partial charge in [-0.15, -0.1) is 0 Å². The first-order valence-corrected chi connectivity index (χ1v) is 3.55. The number of aromatic nitrogens is 1. The largest absolute Gasteiger partial charge is 1.00 e. The Kier molecular flexibility index (Phi) is 5.46. The quantitative estimate of drug-likeness (QED) is 0.374. The maximum Gasteiger partial charge on any atom is 1.00 e. The Morgan fingerprint density at radius 2 is 1.62 bits per heavy atom. The minimum atomic E-state index is -5.84. The van der Waals surface area contributed by atoms with Gasteiger partial charge in [0.25, 0.3) is 0 Å². The molecule has 1 heterocycles. The summed E-state index contributed by atoms with van der Waals surface area (Å²) in [5.41, 5.74) is -3.59. The van der Waals surface area contributed by atoms with Crippen molar-refractivity contribution in [3.63, 3.8) is 0 Å². The van der Waals surface area contributed by atoms with Crippen LogP contribution in [0.1, 0.15) is 5.56 Å². The zero-order chi connectivity index (χ0) is 11.9. The van der Waals surface area contributed by atoms with Gasteiger partial charge in [0.05, 0.1) is 5.56 Å². The van der Waals surface area contributed by atoms with Crippen molar-refractivity contribution in [3.05, 3.63) is 23.8 Å². The molecule has 0 bridgehead atoms. The van der Waals surface area contributed by atoms with Crippen LogP contribution in [0.25, 0.3) is 0 Å². The Morgan fingerprint density at radius 1 is 1.12 bits per heavy atom. The van der Waals surface area contributed by atoms with E-state index < -0.39 is 30.1 Å². The van der Waals surface area contributed by atoms with E-state index in [0.717, 1.165) is 0 Å². The van der Waals surface area contributed by atoms with Gasteiger partial charge in [-0.25, -0.2) is 4.98 Å². The molecule has 0 saturated heterocycles. The first-order chi connectivity index (χ1) is 6.62. The molecule has 1 aromatic heterocycles. The van der Waals surface area contributed by atoms with Gasteiger partial charge < -0.3 is 12.9 Å². The van der Waals surface area contributed by atoms with Gasteiger partial charge in [0.15, 0.2) is 5.95 Å². The van der Waals surface area contributed by atoms with Crippen molar-refractivity contribution in [2.24, 2.45) is 0 Å². The van der Waals surface area contributed by atoms with Crippen molar-refractivity contribution in [3.8, 4) is 0 Å². The number of pyridine rings is 1. The van der Waals surface area contributed by atoms with Gasteiger partial charge in [-0.3, -0.25) is 0 Å². The molecule has 10 heteroatoms. The van der Waals surface area contributed by atoms with Gasteiger partial charge in [0, 0.05) is 6.20 Å². The van der Waals surface area contributed by atoms with E-state index in [1.807, 2.05) is 0 Å². The molecule has 1 nitrogen and oxygen atoms in total. The van der Waals surface area contributed by atoms with Crippen LogP contribution in [0.3, 0.4) is 0 Å². The zero-order valence-electron chi connectivity index (χ0n) is 7.83. The summed E-state index contributed by atoms with van der Waals surface area (Å²) in [6.45, 7) is -5.84.